The Kier molecular flexibility index (Phi) is 32.9. The molecular formula is C78H93N11O4S2. The van der Waals surface area contributed by atoms with Gasteiger partial charge in [0.2, 0.25) is 17.7 Å². The number of carbonyl (C=O) groups excluding carboxylic acids is 1. The third-order valence-corrected chi connectivity index (χ3v) is 14.9. The number of aryl methyl sites for hydroxylation is 22. The number of furan rings is 1. The van der Waals surface area contributed by atoms with Gasteiger partial charge >= 0.3 is 0 Å². The Morgan fingerprint density at radius 2 is 0.747 bits per heavy atom. The minimum atomic E-state index is 0.164. The van der Waals surface area contributed by atoms with Gasteiger partial charge in [0.15, 0.2) is 11.6 Å². The third-order valence-electron chi connectivity index (χ3n) is 13.2. The van der Waals surface area contributed by atoms with Crippen molar-refractivity contribution in [3.63, 3.8) is 0 Å². The molecule has 0 N–H and O–H groups in total. The van der Waals surface area contributed by atoms with Gasteiger partial charge in [-0.25, -0.2) is 9.97 Å². The summed E-state index contributed by atoms with van der Waals surface area (Å²) >= 11 is 3.46. The van der Waals surface area contributed by atoms with Gasteiger partial charge in [0.25, 0.3) is 0 Å². The van der Waals surface area contributed by atoms with Crippen molar-refractivity contribution >= 4 is 39.2 Å². The largest absolute Gasteiger partial charge is 0.467 e. The molecule has 0 aliphatic heterocycles. The van der Waals surface area contributed by atoms with Crippen LogP contribution in [0.5, 0.6) is 0 Å². The average Bonchev–Trinajstić information content (AvgIpc) is 1.63. The summed E-state index contributed by atoms with van der Waals surface area (Å²) in [6.45, 7) is 43.3. The van der Waals surface area contributed by atoms with Gasteiger partial charge in [-0.2, -0.15) is 4.98 Å². The molecule has 95 heavy (non-hydrogen) atoms. The van der Waals surface area contributed by atoms with Crippen LogP contribution in [0.4, 0.5) is 0 Å². The Bertz CT molecular complexity index is 3700. The van der Waals surface area contributed by atoms with Crippen LogP contribution in [0.2, 0.25) is 0 Å². The lowest BCUT2D eigenvalue weighted by Gasteiger charge is -2.03. The first kappa shape index (κ1) is 77.6. The molecule has 1 aliphatic carbocycles. The average molecular weight is 1310 g/mol. The maximum absolute atomic E-state index is 12.2. The maximum Gasteiger partial charge on any atom is 0.223 e. The van der Waals surface area contributed by atoms with Crippen molar-refractivity contribution in [2.75, 3.05) is 0 Å². The summed E-state index contributed by atoms with van der Waals surface area (Å²) in [5.41, 5.74) is 16.8. The van der Waals surface area contributed by atoms with E-state index in [2.05, 4.69) is 193 Å². The number of aromatic nitrogens is 11. The zero-order valence-corrected chi connectivity index (χ0v) is 61.1. The molecule has 1 aliphatic rings. The van der Waals surface area contributed by atoms with E-state index in [1.165, 1.54) is 48.3 Å². The molecule has 13 aromatic rings. The lowest BCUT2D eigenvalue weighted by Crippen LogP contribution is -1.95. The van der Waals surface area contributed by atoms with Crippen molar-refractivity contribution in [3.05, 3.63) is 298 Å². The van der Waals surface area contributed by atoms with Gasteiger partial charge in [0.1, 0.15) is 27.4 Å². The fourth-order valence-corrected chi connectivity index (χ4v) is 9.68. The Labute approximate surface area is 570 Å². The van der Waals surface area contributed by atoms with Crippen molar-refractivity contribution in [1.82, 2.24) is 55.5 Å². The first-order valence-corrected chi connectivity index (χ1v) is 32.7. The molecule has 0 saturated carbocycles. The molecule has 0 amide bonds. The predicted molar refractivity (Wildman–Crippen MR) is 390 cm³/mol. The summed E-state index contributed by atoms with van der Waals surface area (Å²) in [6, 6.07) is 45.8. The first-order valence-electron chi connectivity index (χ1n) is 31.1. The SMILES string of the molecule is Cc1ccc(C)c2ccccc12.Cc1ccc(C)cc1.Cc1ccc(C)nc1.Cc1ccc(C)o1.Cc1ccc(C)s1.Cc1ccc2c(c1)C(=O)c1cc(C)ccc1-2.Cc1cnc(C)cn1.Cc1cnc(C)nc1.Cc1nnc(C)o1.Cc1nnc(C)s1.Cc1noc(C)n1. The summed E-state index contributed by atoms with van der Waals surface area (Å²) < 4.78 is 14.5. The van der Waals surface area contributed by atoms with E-state index < -0.39 is 0 Å². The van der Waals surface area contributed by atoms with Crippen LogP contribution >= 0.6 is 22.7 Å². The number of hydrogen-bond donors (Lipinski definition) is 0. The van der Waals surface area contributed by atoms with Gasteiger partial charge in [-0.3, -0.25) is 19.7 Å². The van der Waals surface area contributed by atoms with Gasteiger partial charge < -0.3 is 13.4 Å². The van der Waals surface area contributed by atoms with Crippen LogP contribution in [-0.2, 0) is 0 Å². The van der Waals surface area contributed by atoms with Crippen LogP contribution < -0.4 is 0 Å². The smallest absolute Gasteiger partial charge is 0.223 e. The fraction of sp³-hybridized carbons (Fsp3) is 0.282. The molecule has 0 saturated heterocycles. The molecule has 5 aromatic carbocycles. The lowest BCUT2D eigenvalue weighted by molar-refractivity contribution is 0.104. The van der Waals surface area contributed by atoms with Crippen molar-refractivity contribution < 1.29 is 18.2 Å². The number of hydrogen-bond acceptors (Lipinski definition) is 17. The summed E-state index contributed by atoms with van der Waals surface area (Å²) in [5, 5.41) is 23.1. The Hall–Kier alpha value is -9.84. The number of nitrogens with zero attached hydrogens (tertiary/aromatic N) is 11. The predicted octanol–water partition coefficient (Wildman–Crippen LogP) is 19.9. The summed E-state index contributed by atoms with van der Waals surface area (Å²) in [5.74, 6) is 5.52. The van der Waals surface area contributed by atoms with Crippen LogP contribution in [0.25, 0.3) is 21.9 Å². The number of thiophene rings is 1. The molecule has 8 heterocycles. The highest BCUT2D eigenvalue weighted by atomic mass is 32.1. The van der Waals surface area contributed by atoms with E-state index >= 15 is 0 Å². The number of fused-ring (bicyclic) bond motifs is 4. The zero-order chi connectivity index (χ0) is 70.1. The minimum Gasteiger partial charge on any atom is -0.467 e. The molecule has 15 nitrogen and oxygen atoms in total. The maximum atomic E-state index is 12.2. The highest BCUT2D eigenvalue weighted by molar-refractivity contribution is 7.11. The molecule has 0 spiro atoms. The number of pyridine rings is 1. The van der Waals surface area contributed by atoms with Crippen molar-refractivity contribution in [1.29, 1.82) is 0 Å². The number of ketones is 1. The number of benzene rings is 5. The lowest BCUT2D eigenvalue weighted by atomic mass is 10.0. The van der Waals surface area contributed by atoms with Crippen molar-refractivity contribution in [2.24, 2.45) is 0 Å². The highest BCUT2D eigenvalue weighted by Crippen LogP contribution is 2.37. The second kappa shape index (κ2) is 40.3. The number of carbonyl (C=O) groups is 1. The monoisotopic (exact) mass is 1310 g/mol. The molecule has 0 bridgehead atoms. The number of rotatable bonds is 0. The molecule has 14 rings (SSSR count). The van der Waals surface area contributed by atoms with Gasteiger partial charge in [-0.1, -0.05) is 118 Å². The van der Waals surface area contributed by atoms with Crippen LogP contribution in [0.15, 0.2) is 178 Å². The van der Waals surface area contributed by atoms with E-state index in [4.69, 9.17) is 8.83 Å². The van der Waals surface area contributed by atoms with Gasteiger partial charge in [-0.05, 0) is 218 Å². The molecule has 0 fully saturated rings. The Balaban J connectivity index is 0.000000225. The Morgan fingerprint density at radius 3 is 1.03 bits per heavy atom. The van der Waals surface area contributed by atoms with E-state index in [1.54, 1.807) is 51.4 Å². The Morgan fingerprint density at radius 1 is 0.326 bits per heavy atom. The molecule has 496 valence electrons. The van der Waals surface area contributed by atoms with E-state index in [0.29, 0.717) is 23.5 Å². The second-order valence-electron chi connectivity index (χ2n) is 22.8. The topological polar surface area (TPSA) is 198 Å². The van der Waals surface area contributed by atoms with Crippen LogP contribution in [0.1, 0.15) is 138 Å². The standard InChI is InChI=1S/C15H12O.C12H12.C8H10.C7H9N.2C6H8N2.C6H8O.C6H8S.2C4H6N2O.C4H6N2S/c1-9-3-5-11-12-6-4-10(2)8-14(12)15(16)13(11)7-9;1-9-7-8-10(2)12-6-4-3-5-11(9)12;1-7-3-5-8(2)6-4-7;1-6-3-4-7(2)8-5-6;1-5-3-8-6(2)4-7-5;1-5-3-7-6(2)8-4-5;2*1-5-3-4-6(2)7-5;1-3-5-6-4(2)7-3;1-3-5-4(2)7-6-3;1-3-5-6-4(2)7-3/h3-8H,1-2H3;3-8H,1-2H3;3-6H,1-2H3;3-5H,1-2H3;2*3-4H,1-2H3;2*3-4H,1-2H3;3*1-2H3. The van der Waals surface area contributed by atoms with E-state index in [-0.39, 0.29) is 5.78 Å². The van der Waals surface area contributed by atoms with Gasteiger partial charge in [-0.15, -0.1) is 43.1 Å². The molecule has 0 radical (unpaired) electrons. The first-order chi connectivity index (χ1) is 45.0. The summed E-state index contributed by atoms with van der Waals surface area (Å²) in [7, 11) is 0. The highest BCUT2D eigenvalue weighted by Gasteiger charge is 2.26. The second-order valence-corrected chi connectivity index (χ2v) is 25.6. The van der Waals surface area contributed by atoms with Crippen LogP contribution in [-0.4, -0.2) is 61.2 Å². The van der Waals surface area contributed by atoms with Gasteiger partial charge in [0.05, 0.1) is 11.4 Å². The quantitative estimate of drug-likeness (QED) is 0.139. The van der Waals surface area contributed by atoms with E-state index in [1.807, 2.05) is 155 Å². The van der Waals surface area contributed by atoms with E-state index in [0.717, 1.165) is 83.4 Å². The fourth-order valence-electron chi connectivity index (χ4n) is 8.31. The van der Waals surface area contributed by atoms with Crippen LogP contribution in [0.3, 0.4) is 0 Å². The summed E-state index contributed by atoms with van der Waals surface area (Å²) in [4.78, 5) is 38.9. The van der Waals surface area contributed by atoms with Crippen LogP contribution in [0, 0.1) is 152 Å². The third kappa shape index (κ3) is 30.2. The summed E-state index contributed by atoms with van der Waals surface area (Å²) in [6.07, 6.45) is 9.00. The van der Waals surface area contributed by atoms with E-state index in [9.17, 15) is 4.79 Å². The minimum absolute atomic E-state index is 0.164. The zero-order valence-electron chi connectivity index (χ0n) is 59.5. The van der Waals surface area contributed by atoms with Crippen molar-refractivity contribution in [2.45, 2.75) is 152 Å². The molecule has 8 aromatic heterocycles. The normalized spacial score (nSPS) is 10.0. The van der Waals surface area contributed by atoms with Crippen molar-refractivity contribution in [3.8, 4) is 11.1 Å². The van der Waals surface area contributed by atoms with Gasteiger partial charge in [0, 0.05) is 78.3 Å². The molecule has 0 atom stereocenters. The molecule has 0 unspecified atom stereocenters. The molecule has 17 heteroatoms. The molecular weight excluding hydrogens is 1220 g/mol.